The van der Waals surface area contributed by atoms with Crippen molar-refractivity contribution in [2.24, 2.45) is 0 Å². The van der Waals surface area contributed by atoms with Crippen molar-refractivity contribution in [3.8, 4) is 6.07 Å². The fourth-order valence-electron chi connectivity index (χ4n) is 1.54. The highest BCUT2D eigenvalue weighted by molar-refractivity contribution is 5.56. The van der Waals surface area contributed by atoms with Crippen molar-refractivity contribution >= 4 is 11.5 Å². The lowest BCUT2D eigenvalue weighted by atomic mass is 10.2. The topological polar surface area (TPSA) is 70.8 Å². The van der Waals surface area contributed by atoms with Crippen LogP contribution in [0.5, 0.6) is 0 Å². The molecule has 5 nitrogen and oxygen atoms in total. The predicted molar refractivity (Wildman–Crippen MR) is 71.8 cm³/mol. The lowest BCUT2D eigenvalue weighted by molar-refractivity contribution is 0.134. The third kappa shape index (κ3) is 3.76. The summed E-state index contributed by atoms with van der Waals surface area (Å²) in [4.78, 5) is 7.88. The predicted octanol–water partition coefficient (Wildman–Crippen LogP) is 2.63. The van der Waals surface area contributed by atoms with E-state index in [4.69, 9.17) is 10.00 Å². The van der Waals surface area contributed by atoms with Crippen LogP contribution in [0.2, 0.25) is 0 Å². The molecule has 0 aliphatic carbocycles. The first-order valence-electron chi connectivity index (χ1n) is 5.97. The highest BCUT2D eigenvalue weighted by Gasteiger charge is 1.99. The second-order valence-corrected chi connectivity index (χ2v) is 3.86. The van der Waals surface area contributed by atoms with Crippen LogP contribution in [0, 0.1) is 11.3 Å². The van der Waals surface area contributed by atoms with Gasteiger partial charge in [0.2, 0.25) is 0 Å². The van der Waals surface area contributed by atoms with Gasteiger partial charge >= 0.3 is 0 Å². The maximum atomic E-state index is 8.76. The zero-order valence-electron chi connectivity index (χ0n) is 10.6. The number of nitriles is 1. The molecule has 1 aromatic heterocycles. The van der Waals surface area contributed by atoms with Crippen molar-refractivity contribution < 1.29 is 4.74 Å². The van der Waals surface area contributed by atoms with Gasteiger partial charge in [0.1, 0.15) is 23.9 Å². The summed E-state index contributed by atoms with van der Waals surface area (Å²) in [5.74, 6) is 0.601. The van der Waals surface area contributed by atoms with Gasteiger partial charge in [0, 0.05) is 18.4 Å². The van der Waals surface area contributed by atoms with E-state index in [1.807, 2.05) is 37.3 Å². The van der Waals surface area contributed by atoms with E-state index >= 15 is 0 Å². The van der Waals surface area contributed by atoms with Gasteiger partial charge in [-0.3, -0.25) is 0 Å². The highest BCUT2D eigenvalue weighted by Crippen LogP contribution is 2.15. The second-order valence-electron chi connectivity index (χ2n) is 3.86. The Bertz CT molecular complexity index is 575. The lowest BCUT2D eigenvalue weighted by Crippen LogP contribution is -1.96. The van der Waals surface area contributed by atoms with Gasteiger partial charge in [-0.1, -0.05) is 12.1 Å². The Balaban J connectivity index is 2.04. The minimum Gasteiger partial charge on any atom is -0.377 e. The van der Waals surface area contributed by atoms with Gasteiger partial charge in [-0.2, -0.15) is 5.26 Å². The molecule has 0 bridgehead atoms. The number of ether oxygens (including phenoxy) is 1. The van der Waals surface area contributed by atoms with Gasteiger partial charge in [-0.15, -0.1) is 0 Å². The Kier molecular flexibility index (Phi) is 4.43. The molecule has 0 fully saturated rings. The van der Waals surface area contributed by atoms with Crippen LogP contribution in [-0.2, 0) is 11.3 Å². The van der Waals surface area contributed by atoms with E-state index in [-0.39, 0.29) is 0 Å². The first-order valence-corrected chi connectivity index (χ1v) is 5.97. The number of nitrogens with one attached hydrogen (secondary N) is 1. The molecule has 1 heterocycles. The standard InChI is InChI=1S/C14H14N4O/c1-2-19-9-11-3-5-12(6-4-11)18-14-7-13(8-15)16-10-17-14/h3-7,10H,2,9H2,1H3,(H,16,17,18). The van der Waals surface area contributed by atoms with Gasteiger partial charge in [0.25, 0.3) is 0 Å². The maximum Gasteiger partial charge on any atom is 0.145 e. The van der Waals surface area contributed by atoms with Crippen LogP contribution < -0.4 is 5.32 Å². The van der Waals surface area contributed by atoms with Gasteiger partial charge in [0.05, 0.1) is 6.61 Å². The molecule has 1 aromatic carbocycles. The lowest BCUT2D eigenvalue weighted by Gasteiger charge is -2.06. The smallest absolute Gasteiger partial charge is 0.145 e. The molecule has 0 saturated heterocycles. The fourth-order valence-corrected chi connectivity index (χ4v) is 1.54. The molecule has 0 amide bonds. The summed E-state index contributed by atoms with van der Waals surface area (Å²) in [7, 11) is 0. The van der Waals surface area contributed by atoms with E-state index in [9.17, 15) is 0 Å². The molecule has 19 heavy (non-hydrogen) atoms. The molecule has 0 aliphatic rings. The number of anilines is 2. The quantitative estimate of drug-likeness (QED) is 0.888. The van der Waals surface area contributed by atoms with E-state index < -0.39 is 0 Å². The fraction of sp³-hybridized carbons (Fsp3) is 0.214. The summed E-state index contributed by atoms with van der Waals surface area (Å²) >= 11 is 0. The van der Waals surface area contributed by atoms with Crippen molar-refractivity contribution in [2.75, 3.05) is 11.9 Å². The monoisotopic (exact) mass is 254 g/mol. The average Bonchev–Trinajstić information content (AvgIpc) is 2.47. The maximum absolute atomic E-state index is 8.76. The molecule has 0 unspecified atom stereocenters. The summed E-state index contributed by atoms with van der Waals surface area (Å²) in [6.07, 6.45) is 1.37. The van der Waals surface area contributed by atoms with Crippen molar-refractivity contribution in [1.82, 2.24) is 9.97 Å². The van der Waals surface area contributed by atoms with Gasteiger partial charge in [-0.05, 0) is 24.6 Å². The first kappa shape index (κ1) is 13.0. The van der Waals surface area contributed by atoms with Crippen molar-refractivity contribution in [1.29, 1.82) is 5.26 Å². The normalized spacial score (nSPS) is 9.89. The Morgan fingerprint density at radius 2 is 2.05 bits per heavy atom. The number of aromatic nitrogens is 2. The van der Waals surface area contributed by atoms with Gasteiger partial charge in [-0.25, -0.2) is 9.97 Å². The molecule has 0 aliphatic heterocycles. The summed E-state index contributed by atoms with van der Waals surface area (Å²) in [6.45, 7) is 3.29. The van der Waals surface area contributed by atoms with Gasteiger partial charge < -0.3 is 10.1 Å². The van der Waals surface area contributed by atoms with Crippen LogP contribution in [0.3, 0.4) is 0 Å². The minimum absolute atomic E-state index is 0.338. The Hall–Kier alpha value is -2.45. The molecule has 1 N–H and O–H groups in total. The third-order valence-corrected chi connectivity index (χ3v) is 2.48. The molecule has 0 radical (unpaired) electrons. The Labute approximate surface area is 111 Å². The summed E-state index contributed by atoms with van der Waals surface area (Å²) in [5.41, 5.74) is 2.36. The van der Waals surface area contributed by atoms with Crippen LogP contribution in [0.25, 0.3) is 0 Å². The molecule has 5 heteroatoms. The number of hydrogen-bond donors (Lipinski definition) is 1. The van der Waals surface area contributed by atoms with E-state index in [1.54, 1.807) is 6.07 Å². The van der Waals surface area contributed by atoms with Crippen molar-refractivity contribution in [3.05, 3.63) is 47.9 Å². The third-order valence-electron chi connectivity index (χ3n) is 2.48. The molecular formula is C14H14N4O. The van der Waals surface area contributed by atoms with Crippen LogP contribution in [-0.4, -0.2) is 16.6 Å². The highest BCUT2D eigenvalue weighted by atomic mass is 16.5. The molecule has 96 valence electrons. The van der Waals surface area contributed by atoms with Crippen LogP contribution in [0.1, 0.15) is 18.2 Å². The van der Waals surface area contributed by atoms with E-state index in [0.717, 1.165) is 11.3 Å². The van der Waals surface area contributed by atoms with E-state index in [2.05, 4.69) is 15.3 Å². The molecule has 2 rings (SSSR count). The second kappa shape index (κ2) is 6.47. The van der Waals surface area contributed by atoms with Crippen molar-refractivity contribution in [2.45, 2.75) is 13.5 Å². The minimum atomic E-state index is 0.338. The van der Waals surface area contributed by atoms with E-state index in [1.165, 1.54) is 6.33 Å². The Morgan fingerprint density at radius 3 is 2.74 bits per heavy atom. The number of hydrogen-bond acceptors (Lipinski definition) is 5. The summed E-state index contributed by atoms with van der Waals surface area (Å²) in [5, 5.41) is 11.9. The molecule has 0 atom stereocenters. The summed E-state index contributed by atoms with van der Waals surface area (Å²) < 4.78 is 5.33. The number of benzene rings is 1. The van der Waals surface area contributed by atoms with E-state index in [0.29, 0.717) is 24.7 Å². The average molecular weight is 254 g/mol. The molecule has 0 spiro atoms. The largest absolute Gasteiger partial charge is 0.377 e. The number of rotatable bonds is 5. The molecule has 2 aromatic rings. The SMILES string of the molecule is CCOCc1ccc(Nc2cc(C#N)ncn2)cc1. The zero-order valence-corrected chi connectivity index (χ0v) is 10.6. The molecule has 0 saturated carbocycles. The van der Waals surface area contributed by atoms with Crippen LogP contribution in [0.4, 0.5) is 11.5 Å². The number of nitrogens with zero attached hydrogens (tertiary/aromatic N) is 3. The zero-order chi connectivity index (χ0) is 13.5. The van der Waals surface area contributed by atoms with Crippen molar-refractivity contribution in [3.63, 3.8) is 0 Å². The summed E-state index contributed by atoms with van der Waals surface area (Å²) in [6, 6.07) is 11.5. The molecular weight excluding hydrogens is 240 g/mol. The first-order chi connectivity index (χ1) is 9.31. The Morgan fingerprint density at radius 1 is 1.26 bits per heavy atom. The van der Waals surface area contributed by atoms with Crippen LogP contribution in [0.15, 0.2) is 36.7 Å². The van der Waals surface area contributed by atoms with Crippen LogP contribution >= 0.6 is 0 Å². The van der Waals surface area contributed by atoms with Gasteiger partial charge in [0.15, 0.2) is 0 Å².